The monoisotopic (exact) mass is 338 g/mol. The summed E-state index contributed by atoms with van der Waals surface area (Å²) < 4.78 is 7.66. The smallest absolute Gasteiger partial charge is 0.243 e. The van der Waals surface area contributed by atoms with Gasteiger partial charge in [-0.15, -0.1) is 10.2 Å². The third-order valence-electron chi connectivity index (χ3n) is 4.69. The Hall–Kier alpha value is -2.54. The maximum absolute atomic E-state index is 5.46. The quantitative estimate of drug-likeness (QED) is 0.728. The summed E-state index contributed by atoms with van der Waals surface area (Å²) in [6.07, 6.45) is 0. The van der Waals surface area contributed by atoms with Crippen molar-refractivity contribution in [3.8, 4) is 11.4 Å². The van der Waals surface area contributed by atoms with Gasteiger partial charge in [0.25, 0.3) is 0 Å². The van der Waals surface area contributed by atoms with Crippen LogP contribution in [0.25, 0.3) is 11.4 Å². The Morgan fingerprint density at radius 2 is 1.84 bits per heavy atom. The maximum atomic E-state index is 5.46. The lowest BCUT2D eigenvalue weighted by Gasteiger charge is -2.30. The van der Waals surface area contributed by atoms with Gasteiger partial charge in [0.2, 0.25) is 5.89 Å². The Balaban J connectivity index is 1.54. The van der Waals surface area contributed by atoms with Gasteiger partial charge in [-0.3, -0.25) is 4.90 Å². The number of nitrogens with zero attached hydrogens (tertiary/aromatic N) is 6. The maximum Gasteiger partial charge on any atom is 0.243 e. The van der Waals surface area contributed by atoms with Crippen molar-refractivity contribution in [3.05, 3.63) is 47.9 Å². The van der Waals surface area contributed by atoms with Crippen molar-refractivity contribution in [2.24, 2.45) is 0 Å². The summed E-state index contributed by atoms with van der Waals surface area (Å²) in [4.78, 5) is 6.83. The molecule has 0 saturated carbocycles. The Morgan fingerprint density at radius 3 is 2.56 bits per heavy atom. The van der Waals surface area contributed by atoms with Gasteiger partial charge >= 0.3 is 0 Å². The van der Waals surface area contributed by atoms with Crippen LogP contribution in [0, 0.1) is 0 Å². The molecule has 1 atom stereocenters. The highest BCUT2D eigenvalue weighted by Gasteiger charge is 2.28. The van der Waals surface area contributed by atoms with Crippen LogP contribution in [-0.4, -0.2) is 36.3 Å². The summed E-state index contributed by atoms with van der Waals surface area (Å²) in [5.41, 5.74) is 1.10. The third kappa shape index (κ3) is 2.95. The number of hydrogen-bond acceptors (Lipinski definition) is 6. The number of benzene rings is 1. The molecule has 0 saturated heterocycles. The zero-order valence-electron chi connectivity index (χ0n) is 14.8. The van der Waals surface area contributed by atoms with Crippen molar-refractivity contribution in [1.82, 2.24) is 29.8 Å². The van der Waals surface area contributed by atoms with E-state index in [1.165, 1.54) is 0 Å². The first-order chi connectivity index (χ1) is 12.1. The average Bonchev–Trinajstić information content (AvgIpc) is 3.28. The van der Waals surface area contributed by atoms with Crippen molar-refractivity contribution in [2.75, 3.05) is 6.54 Å². The number of hydrogen-bond donors (Lipinski definition) is 0. The standard InChI is InChI=1S/C18H22N6O/c1-12(2)16-19-18(25-22-16)13(3)23-9-10-24-15(11-23)20-21-17(24)14-7-5-4-6-8-14/h4-8,12-13H,9-11H2,1-3H3/t13-/m1/s1. The molecule has 0 amide bonds. The minimum absolute atomic E-state index is 0.0608. The van der Waals surface area contributed by atoms with Gasteiger partial charge in [-0.05, 0) is 6.92 Å². The highest BCUT2D eigenvalue weighted by molar-refractivity contribution is 5.55. The molecule has 0 bridgehead atoms. The molecular formula is C18H22N6O. The lowest BCUT2D eigenvalue weighted by molar-refractivity contribution is 0.136. The van der Waals surface area contributed by atoms with Crippen LogP contribution in [0.2, 0.25) is 0 Å². The van der Waals surface area contributed by atoms with E-state index in [0.717, 1.165) is 42.7 Å². The first-order valence-electron chi connectivity index (χ1n) is 8.68. The molecule has 4 rings (SSSR count). The molecular weight excluding hydrogens is 316 g/mol. The van der Waals surface area contributed by atoms with Gasteiger partial charge < -0.3 is 9.09 Å². The Kier molecular flexibility index (Phi) is 4.09. The minimum Gasteiger partial charge on any atom is -0.338 e. The van der Waals surface area contributed by atoms with Crippen LogP contribution >= 0.6 is 0 Å². The molecule has 0 fully saturated rings. The fraction of sp³-hybridized carbons (Fsp3) is 0.444. The van der Waals surface area contributed by atoms with Gasteiger partial charge in [-0.25, -0.2) is 0 Å². The fourth-order valence-corrected chi connectivity index (χ4v) is 3.12. The van der Waals surface area contributed by atoms with Crippen molar-refractivity contribution in [3.63, 3.8) is 0 Å². The van der Waals surface area contributed by atoms with Crippen LogP contribution in [0.1, 0.15) is 50.3 Å². The topological polar surface area (TPSA) is 72.9 Å². The molecule has 130 valence electrons. The molecule has 7 heteroatoms. The minimum atomic E-state index is 0.0608. The van der Waals surface area contributed by atoms with Gasteiger partial charge in [-0.1, -0.05) is 49.3 Å². The molecule has 0 radical (unpaired) electrons. The predicted molar refractivity (Wildman–Crippen MR) is 92.7 cm³/mol. The van der Waals surface area contributed by atoms with Gasteiger partial charge in [0.1, 0.15) is 5.82 Å². The predicted octanol–water partition coefficient (Wildman–Crippen LogP) is 3.03. The number of fused-ring (bicyclic) bond motifs is 1. The second-order valence-corrected chi connectivity index (χ2v) is 6.75. The molecule has 1 aromatic carbocycles. The number of aromatic nitrogens is 5. The molecule has 3 aromatic rings. The first-order valence-corrected chi connectivity index (χ1v) is 8.68. The largest absolute Gasteiger partial charge is 0.338 e. The Bertz CT molecular complexity index is 854. The van der Waals surface area contributed by atoms with Crippen molar-refractivity contribution < 1.29 is 4.52 Å². The van der Waals surface area contributed by atoms with Crippen LogP contribution in [0.15, 0.2) is 34.9 Å². The Labute approximate surface area is 146 Å². The van der Waals surface area contributed by atoms with Gasteiger partial charge in [0.15, 0.2) is 11.6 Å². The highest BCUT2D eigenvalue weighted by Crippen LogP contribution is 2.27. The van der Waals surface area contributed by atoms with E-state index in [1.54, 1.807) is 0 Å². The van der Waals surface area contributed by atoms with E-state index in [2.05, 4.69) is 62.7 Å². The molecule has 7 nitrogen and oxygen atoms in total. The van der Waals surface area contributed by atoms with Crippen LogP contribution in [0.3, 0.4) is 0 Å². The Morgan fingerprint density at radius 1 is 1.04 bits per heavy atom. The second-order valence-electron chi connectivity index (χ2n) is 6.75. The van der Waals surface area contributed by atoms with E-state index in [-0.39, 0.29) is 12.0 Å². The molecule has 25 heavy (non-hydrogen) atoms. The van der Waals surface area contributed by atoms with E-state index < -0.39 is 0 Å². The summed E-state index contributed by atoms with van der Waals surface area (Å²) in [6.45, 7) is 8.69. The SMILES string of the molecule is CC(C)c1noc([C@@H](C)N2CCn3c(nnc3-c3ccccc3)C2)n1. The highest BCUT2D eigenvalue weighted by atomic mass is 16.5. The molecule has 0 spiro atoms. The fourth-order valence-electron chi connectivity index (χ4n) is 3.12. The van der Waals surface area contributed by atoms with E-state index in [9.17, 15) is 0 Å². The molecule has 3 heterocycles. The molecule has 0 unspecified atom stereocenters. The van der Waals surface area contributed by atoms with Crippen LogP contribution < -0.4 is 0 Å². The molecule has 1 aliphatic heterocycles. The van der Waals surface area contributed by atoms with Crippen LogP contribution in [0.5, 0.6) is 0 Å². The van der Waals surface area contributed by atoms with E-state index in [1.807, 2.05) is 18.2 Å². The zero-order chi connectivity index (χ0) is 17.4. The van der Waals surface area contributed by atoms with Gasteiger partial charge in [-0.2, -0.15) is 4.98 Å². The van der Waals surface area contributed by atoms with Gasteiger partial charge in [0.05, 0.1) is 12.6 Å². The van der Waals surface area contributed by atoms with Crippen LogP contribution in [-0.2, 0) is 13.1 Å². The first kappa shape index (κ1) is 16.0. The zero-order valence-corrected chi connectivity index (χ0v) is 14.8. The molecule has 0 N–H and O–H groups in total. The normalized spacial score (nSPS) is 16.2. The van der Waals surface area contributed by atoms with E-state index >= 15 is 0 Å². The average molecular weight is 338 g/mol. The van der Waals surface area contributed by atoms with E-state index in [4.69, 9.17) is 4.52 Å². The van der Waals surface area contributed by atoms with Crippen molar-refractivity contribution in [1.29, 1.82) is 0 Å². The number of rotatable bonds is 4. The van der Waals surface area contributed by atoms with Crippen molar-refractivity contribution >= 4 is 0 Å². The molecule has 2 aromatic heterocycles. The van der Waals surface area contributed by atoms with Crippen molar-refractivity contribution in [2.45, 2.75) is 45.8 Å². The second kappa shape index (κ2) is 6.40. The summed E-state index contributed by atoms with van der Waals surface area (Å²) in [7, 11) is 0. The summed E-state index contributed by atoms with van der Waals surface area (Å²) >= 11 is 0. The molecule has 1 aliphatic rings. The summed E-state index contributed by atoms with van der Waals surface area (Å²) in [5.74, 6) is 3.60. The lowest BCUT2D eigenvalue weighted by atomic mass is 10.2. The van der Waals surface area contributed by atoms with Crippen LogP contribution in [0.4, 0.5) is 0 Å². The summed E-state index contributed by atoms with van der Waals surface area (Å²) in [5, 5.41) is 12.9. The molecule has 0 aliphatic carbocycles. The third-order valence-corrected chi connectivity index (χ3v) is 4.69. The summed E-state index contributed by atoms with van der Waals surface area (Å²) in [6, 6.07) is 10.3. The van der Waals surface area contributed by atoms with E-state index in [0.29, 0.717) is 5.89 Å². The lowest BCUT2D eigenvalue weighted by Crippen LogP contribution is -2.36. The van der Waals surface area contributed by atoms with Gasteiger partial charge in [0, 0.05) is 24.6 Å².